The van der Waals surface area contributed by atoms with Crippen molar-refractivity contribution in [1.82, 2.24) is 0 Å². The lowest BCUT2D eigenvalue weighted by molar-refractivity contribution is -0.250. The van der Waals surface area contributed by atoms with Crippen molar-refractivity contribution in [3.63, 3.8) is 0 Å². The van der Waals surface area contributed by atoms with Gasteiger partial charge < -0.3 is 10.0 Å². The van der Waals surface area contributed by atoms with Gasteiger partial charge in [0, 0.05) is 18.7 Å². The van der Waals surface area contributed by atoms with E-state index in [-0.39, 0.29) is 19.5 Å². The summed E-state index contributed by atoms with van der Waals surface area (Å²) in [5.74, 6) is 0. The molecule has 0 spiro atoms. The molecule has 0 saturated carbocycles. The summed E-state index contributed by atoms with van der Waals surface area (Å²) >= 11 is 0. The van der Waals surface area contributed by atoms with Crippen LogP contribution in [-0.2, 0) is 0 Å². The topological polar surface area (TPSA) is 23.5 Å². The maximum absolute atomic E-state index is 12.6. The van der Waals surface area contributed by atoms with Crippen LogP contribution in [0, 0.1) is 6.92 Å². The number of aryl methyl sites for hydroxylation is 1. The van der Waals surface area contributed by atoms with E-state index in [1.807, 2.05) is 19.1 Å². The summed E-state index contributed by atoms with van der Waals surface area (Å²) in [6, 6.07) is 7.25. The Balaban J connectivity index is 2.15. The van der Waals surface area contributed by atoms with Gasteiger partial charge in [0.2, 0.25) is 0 Å². The van der Waals surface area contributed by atoms with Crippen molar-refractivity contribution < 1.29 is 18.3 Å². The van der Waals surface area contributed by atoms with Crippen molar-refractivity contribution in [3.05, 3.63) is 29.8 Å². The van der Waals surface area contributed by atoms with E-state index in [1.54, 1.807) is 17.0 Å². The SMILES string of the molecule is Cc1ccc(N2CC[C@@](O)(C(F)(F)F)C2)cc1. The number of aliphatic hydroxyl groups is 1. The van der Waals surface area contributed by atoms with Crippen LogP contribution in [0.25, 0.3) is 0 Å². The summed E-state index contributed by atoms with van der Waals surface area (Å²) in [5, 5.41) is 9.55. The third kappa shape index (κ3) is 2.24. The fourth-order valence-electron chi connectivity index (χ4n) is 2.00. The molecule has 2 rings (SSSR count). The molecular weight excluding hydrogens is 231 g/mol. The molecule has 1 fully saturated rings. The number of β-amino-alcohol motifs (C(OH)–C–C–N with tert-alkyl or cyclic N) is 1. The van der Waals surface area contributed by atoms with Crippen molar-refractivity contribution in [2.45, 2.75) is 25.1 Å². The van der Waals surface area contributed by atoms with Crippen LogP contribution in [0.2, 0.25) is 0 Å². The summed E-state index contributed by atoms with van der Waals surface area (Å²) in [7, 11) is 0. The van der Waals surface area contributed by atoms with E-state index in [9.17, 15) is 18.3 Å². The van der Waals surface area contributed by atoms with Crippen molar-refractivity contribution >= 4 is 5.69 Å². The van der Waals surface area contributed by atoms with Gasteiger partial charge in [-0.05, 0) is 19.1 Å². The summed E-state index contributed by atoms with van der Waals surface area (Å²) in [6.07, 6.45) is -4.84. The summed E-state index contributed by atoms with van der Waals surface area (Å²) in [6.45, 7) is 1.75. The van der Waals surface area contributed by atoms with E-state index in [1.165, 1.54) is 0 Å². The van der Waals surface area contributed by atoms with Crippen LogP contribution in [0.1, 0.15) is 12.0 Å². The lowest BCUT2D eigenvalue weighted by Crippen LogP contribution is -2.47. The molecule has 0 bridgehead atoms. The minimum atomic E-state index is -4.56. The first-order valence-corrected chi connectivity index (χ1v) is 5.43. The van der Waals surface area contributed by atoms with Crippen LogP contribution in [-0.4, -0.2) is 30.0 Å². The molecule has 1 aliphatic rings. The first-order chi connectivity index (χ1) is 7.82. The van der Waals surface area contributed by atoms with Crippen molar-refractivity contribution in [3.8, 4) is 0 Å². The standard InChI is InChI=1S/C12H14F3NO/c1-9-2-4-10(5-3-9)16-7-6-11(17,8-16)12(13,14)15/h2-5,17H,6-8H2,1H3/t11-/m0/s1. The number of halogens is 3. The first kappa shape index (κ1) is 12.2. The Labute approximate surface area is 97.7 Å². The van der Waals surface area contributed by atoms with E-state index >= 15 is 0 Å². The fourth-order valence-corrected chi connectivity index (χ4v) is 2.00. The van der Waals surface area contributed by atoms with Crippen LogP contribution >= 0.6 is 0 Å². The third-order valence-electron chi connectivity index (χ3n) is 3.17. The number of rotatable bonds is 1. The lowest BCUT2D eigenvalue weighted by Gasteiger charge is -2.26. The average molecular weight is 245 g/mol. The number of anilines is 1. The lowest BCUT2D eigenvalue weighted by atomic mass is 10.0. The minimum absolute atomic E-state index is 0.221. The molecule has 0 radical (unpaired) electrons. The highest BCUT2D eigenvalue weighted by Crippen LogP contribution is 2.39. The zero-order chi connectivity index (χ0) is 12.7. The third-order valence-corrected chi connectivity index (χ3v) is 3.17. The normalized spacial score (nSPS) is 25.4. The number of hydrogen-bond donors (Lipinski definition) is 1. The molecule has 1 N–H and O–H groups in total. The highest BCUT2D eigenvalue weighted by atomic mass is 19.4. The molecule has 5 heteroatoms. The highest BCUT2D eigenvalue weighted by molar-refractivity contribution is 5.49. The van der Waals surface area contributed by atoms with E-state index in [0.29, 0.717) is 0 Å². The van der Waals surface area contributed by atoms with Crippen LogP contribution in [0.5, 0.6) is 0 Å². The van der Waals surface area contributed by atoms with E-state index in [0.717, 1.165) is 11.3 Å². The second-order valence-corrected chi connectivity index (χ2v) is 4.54. The zero-order valence-corrected chi connectivity index (χ0v) is 9.46. The molecule has 2 nitrogen and oxygen atoms in total. The van der Waals surface area contributed by atoms with Crippen molar-refractivity contribution in [2.24, 2.45) is 0 Å². The van der Waals surface area contributed by atoms with Gasteiger partial charge in [0.25, 0.3) is 0 Å². The van der Waals surface area contributed by atoms with Crippen molar-refractivity contribution in [1.29, 1.82) is 0 Å². The molecule has 1 heterocycles. The number of alkyl halides is 3. The predicted molar refractivity (Wildman–Crippen MR) is 59.0 cm³/mol. The van der Waals surface area contributed by atoms with Crippen LogP contribution in [0.15, 0.2) is 24.3 Å². The summed E-state index contributed by atoms with van der Waals surface area (Å²) < 4.78 is 37.9. The maximum Gasteiger partial charge on any atom is 0.418 e. The first-order valence-electron chi connectivity index (χ1n) is 5.43. The van der Waals surface area contributed by atoms with E-state index in [4.69, 9.17) is 0 Å². The Morgan fingerprint density at radius 2 is 1.82 bits per heavy atom. The molecule has 0 amide bonds. The van der Waals surface area contributed by atoms with Gasteiger partial charge >= 0.3 is 6.18 Å². The fraction of sp³-hybridized carbons (Fsp3) is 0.500. The smallest absolute Gasteiger partial charge is 0.379 e. The van der Waals surface area contributed by atoms with Gasteiger partial charge in [0.15, 0.2) is 5.60 Å². The Morgan fingerprint density at radius 3 is 2.29 bits per heavy atom. The quantitative estimate of drug-likeness (QED) is 0.821. The summed E-state index contributed by atoms with van der Waals surface area (Å²) in [5.41, 5.74) is -0.799. The highest BCUT2D eigenvalue weighted by Gasteiger charge is 2.57. The minimum Gasteiger partial charge on any atom is -0.379 e. The van der Waals surface area contributed by atoms with Gasteiger partial charge in [-0.15, -0.1) is 0 Å². The van der Waals surface area contributed by atoms with Gasteiger partial charge in [0.1, 0.15) is 0 Å². The summed E-state index contributed by atoms with van der Waals surface area (Å²) in [4.78, 5) is 1.56. The van der Waals surface area contributed by atoms with Crippen molar-refractivity contribution in [2.75, 3.05) is 18.0 Å². The number of nitrogens with zero attached hydrogens (tertiary/aromatic N) is 1. The number of hydrogen-bond acceptors (Lipinski definition) is 2. The van der Waals surface area contributed by atoms with E-state index < -0.39 is 11.8 Å². The van der Waals surface area contributed by atoms with Crippen LogP contribution in [0.3, 0.4) is 0 Å². The van der Waals surface area contributed by atoms with Crippen LogP contribution in [0.4, 0.5) is 18.9 Å². The second-order valence-electron chi connectivity index (χ2n) is 4.54. The Kier molecular flexibility index (Phi) is 2.81. The Bertz CT molecular complexity index is 401. The molecule has 0 aromatic heterocycles. The Hall–Kier alpha value is -1.23. The Morgan fingerprint density at radius 1 is 1.24 bits per heavy atom. The molecule has 17 heavy (non-hydrogen) atoms. The zero-order valence-electron chi connectivity index (χ0n) is 9.46. The second kappa shape index (κ2) is 3.91. The molecule has 1 aliphatic heterocycles. The maximum atomic E-state index is 12.6. The van der Waals surface area contributed by atoms with Gasteiger partial charge in [-0.3, -0.25) is 0 Å². The molecule has 1 saturated heterocycles. The monoisotopic (exact) mass is 245 g/mol. The largest absolute Gasteiger partial charge is 0.418 e. The molecule has 1 atom stereocenters. The van der Waals surface area contributed by atoms with Gasteiger partial charge in [-0.1, -0.05) is 17.7 Å². The average Bonchev–Trinajstić information content (AvgIpc) is 2.63. The predicted octanol–water partition coefficient (Wildman–Crippen LogP) is 2.50. The van der Waals surface area contributed by atoms with E-state index in [2.05, 4.69) is 0 Å². The van der Waals surface area contributed by atoms with Crippen LogP contribution < -0.4 is 4.90 Å². The molecule has 1 aromatic carbocycles. The molecule has 1 aromatic rings. The van der Waals surface area contributed by atoms with Gasteiger partial charge in [-0.25, -0.2) is 0 Å². The molecule has 0 unspecified atom stereocenters. The van der Waals surface area contributed by atoms with Gasteiger partial charge in [0.05, 0.1) is 6.54 Å². The molecule has 94 valence electrons. The molecular formula is C12H14F3NO. The van der Waals surface area contributed by atoms with Gasteiger partial charge in [-0.2, -0.15) is 13.2 Å². The molecule has 0 aliphatic carbocycles. The number of benzene rings is 1.